The maximum Gasteiger partial charge on any atom is 0.290 e. The van der Waals surface area contributed by atoms with Gasteiger partial charge in [0.1, 0.15) is 0 Å². The molecule has 0 radical (unpaired) electrons. The van der Waals surface area contributed by atoms with E-state index in [1.165, 1.54) is 25.7 Å². The van der Waals surface area contributed by atoms with Crippen molar-refractivity contribution in [2.24, 2.45) is 11.7 Å². The summed E-state index contributed by atoms with van der Waals surface area (Å²) >= 11 is 0. The summed E-state index contributed by atoms with van der Waals surface area (Å²) in [5.74, 6) is 0.860. The third-order valence-corrected chi connectivity index (χ3v) is 2.02. The van der Waals surface area contributed by atoms with Gasteiger partial charge in [-0.1, -0.05) is 39.5 Å². The van der Waals surface area contributed by atoms with Crippen molar-refractivity contribution < 1.29 is 9.90 Å². The van der Waals surface area contributed by atoms with Crippen LogP contribution in [0.4, 0.5) is 0 Å². The Morgan fingerprint density at radius 3 is 2.05 bits per heavy atom. The van der Waals surface area contributed by atoms with Crippen molar-refractivity contribution in [1.29, 1.82) is 5.26 Å². The summed E-state index contributed by atoms with van der Waals surface area (Å²) in [6.07, 6.45) is 6.99. The van der Waals surface area contributed by atoms with Crippen LogP contribution in [-0.2, 0) is 4.79 Å². The van der Waals surface area contributed by atoms with Crippen LogP contribution in [0.2, 0.25) is 0 Å². The van der Waals surface area contributed by atoms with Crippen LogP contribution in [0.15, 0.2) is 0 Å². The third kappa shape index (κ3) is 60.0. The molecule has 0 fully saturated rings. The molecule has 0 bridgehead atoms. The quantitative estimate of drug-likeness (QED) is 0.566. The van der Waals surface area contributed by atoms with E-state index in [0.717, 1.165) is 18.8 Å². The molecular formula is C15H32N2O2. The van der Waals surface area contributed by atoms with E-state index in [2.05, 4.69) is 19.9 Å². The minimum Gasteiger partial charge on any atom is -0.483 e. The van der Waals surface area contributed by atoms with Crippen molar-refractivity contribution in [3.8, 4) is 6.07 Å². The van der Waals surface area contributed by atoms with E-state index < -0.39 is 0 Å². The number of carbonyl (C=O) groups is 1. The average Bonchev–Trinajstić information content (AvgIpc) is 2.24. The molecule has 0 amide bonds. The number of hydrogen-bond acceptors (Lipinski definition) is 3. The number of carboxylic acid groups (broad SMARTS) is 1. The minimum absolute atomic E-state index is 0. The average molecular weight is 272 g/mol. The minimum atomic E-state index is -0.250. The molecule has 0 heterocycles. The molecular weight excluding hydrogens is 240 g/mol. The number of hydrogen-bond donors (Lipinski definition) is 2. The van der Waals surface area contributed by atoms with E-state index in [0.29, 0.717) is 0 Å². The van der Waals surface area contributed by atoms with Gasteiger partial charge in [-0.15, -0.1) is 0 Å². The Morgan fingerprint density at radius 2 is 1.74 bits per heavy atom. The Labute approximate surface area is 119 Å². The molecule has 0 aliphatic rings. The van der Waals surface area contributed by atoms with E-state index in [1.807, 2.05) is 20.8 Å². The number of nitrogens with zero attached hydrogens (tertiary/aromatic N) is 1. The van der Waals surface area contributed by atoms with Gasteiger partial charge in [0.2, 0.25) is 0 Å². The molecule has 19 heavy (non-hydrogen) atoms. The lowest BCUT2D eigenvalue weighted by Crippen LogP contribution is -2.26. The Bertz CT molecular complexity index is 211. The normalized spacial score (nSPS) is 11.0. The van der Waals surface area contributed by atoms with Crippen LogP contribution < -0.4 is 5.73 Å². The van der Waals surface area contributed by atoms with E-state index >= 15 is 0 Å². The van der Waals surface area contributed by atoms with Gasteiger partial charge in [0.25, 0.3) is 6.47 Å². The summed E-state index contributed by atoms with van der Waals surface area (Å²) in [4.78, 5) is 8.36. The fourth-order valence-corrected chi connectivity index (χ4v) is 1.33. The highest BCUT2D eigenvalue weighted by Crippen LogP contribution is 2.13. The summed E-state index contributed by atoms with van der Waals surface area (Å²) in [6, 6.07) is 2.17. The molecule has 0 saturated carbocycles. The Kier molecular flexibility index (Phi) is 20.5. The zero-order valence-electron chi connectivity index (χ0n) is 13.3. The number of unbranched alkanes of at least 4 members (excludes halogenated alkanes) is 2. The second kappa shape index (κ2) is 16.9. The highest BCUT2D eigenvalue weighted by molar-refractivity contribution is 5.32. The summed E-state index contributed by atoms with van der Waals surface area (Å²) in [5, 5.41) is 15.2. The third-order valence-electron chi connectivity index (χ3n) is 2.02. The zero-order valence-corrected chi connectivity index (χ0v) is 13.3. The molecule has 1 atom stereocenters. The van der Waals surface area contributed by atoms with Gasteiger partial charge in [0, 0.05) is 12.0 Å². The molecule has 0 aromatic carbocycles. The fourth-order valence-electron chi connectivity index (χ4n) is 1.33. The lowest BCUT2D eigenvalue weighted by Gasteiger charge is -2.07. The van der Waals surface area contributed by atoms with Crippen molar-refractivity contribution in [2.75, 3.05) is 0 Å². The second-order valence-electron chi connectivity index (χ2n) is 5.77. The van der Waals surface area contributed by atoms with Crippen molar-refractivity contribution in [1.82, 2.24) is 0 Å². The molecule has 0 rings (SSSR count). The van der Waals surface area contributed by atoms with E-state index in [9.17, 15) is 0 Å². The molecule has 0 aromatic heterocycles. The zero-order chi connectivity index (χ0) is 15.7. The van der Waals surface area contributed by atoms with Gasteiger partial charge in [-0.25, -0.2) is 0 Å². The summed E-state index contributed by atoms with van der Waals surface area (Å²) in [5.41, 5.74) is 5.35. The van der Waals surface area contributed by atoms with Crippen LogP contribution in [-0.4, -0.2) is 17.1 Å². The topological polar surface area (TPSA) is 87.1 Å². The van der Waals surface area contributed by atoms with Gasteiger partial charge >= 0.3 is 0 Å². The van der Waals surface area contributed by atoms with Crippen molar-refractivity contribution in [3.05, 3.63) is 0 Å². The van der Waals surface area contributed by atoms with Gasteiger partial charge in [-0.2, -0.15) is 5.26 Å². The number of rotatable bonds is 6. The predicted molar refractivity (Wildman–Crippen MR) is 80.8 cm³/mol. The lowest BCUT2D eigenvalue weighted by atomic mass is 9.99. The van der Waals surface area contributed by atoms with E-state index in [-0.39, 0.29) is 12.0 Å². The van der Waals surface area contributed by atoms with Crippen molar-refractivity contribution in [2.45, 2.75) is 78.7 Å². The van der Waals surface area contributed by atoms with Crippen LogP contribution in [0, 0.1) is 17.2 Å². The Balaban J connectivity index is -0.000000266. The van der Waals surface area contributed by atoms with Crippen LogP contribution in [0.1, 0.15) is 73.1 Å². The molecule has 0 spiro atoms. The monoisotopic (exact) mass is 272 g/mol. The summed E-state index contributed by atoms with van der Waals surface area (Å²) in [6.45, 7) is 10.2. The molecule has 0 aliphatic carbocycles. The number of nitriles is 1. The first kappa shape index (κ1) is 23.0. The highest BCUT2D eigenvalue weighted by Gasteiger charge is 1.99. The van der Waals surface area contributed by atoms with Gasteiger partial charge in [0.05, 0.1) is 6.07 Å². The highest BCUT2D eigenvalue weighted by atomic mass is 16.3. The fraction of sp³-hybridized carbons (Fsp3) is 0.867. The smallest absolute Gasteiger partial charge is 0.290 e. The molecule has 0 aliphatic heterocycles. The van der Waals surface area contributed by atoms with Crippen LogP contribution in [0.25, 0.3) is 0 Å². The second-order valence-corrected chi connectivity index (χ2v) is 5.77. The van der Waals surface area contributed by atoms with Gasteiger partial charge < -0.3 is 10.8 Å². The first-order valence-corrected chi connectivity index (χ1v) is 6.96. The first-order chi connectivity index (χ1) is 8.72. The van der Waals surface area contributed by atoms with Crippen LogP contribution in [0.3, 0.4) is 0 Å². The van der Waals surface area contributed by atoms with Crippen LogP contribution >= 0.6 is 0 Å². The van der Waals surface area contributed by atoms with Crippen molar-refractivity contribution in [3.63, 3.8) is 0 Å². The maximum atomic E-state index is 8.36. The molecule has 4 heteroatoms. The largest absolute Gasteiger partial charge is 0.483 e. The van der Waals surface area contributed by atoms with E-state index in [4.69, 9.17) is 20.9 Å². The van der Waals surface area contributed by atoms with Gasteiger partial charge in [-0.3, -0.25) is 4.79 Å². The Morgan fingerprint density at radius 1 is 1.32 bits per heavy atom. The molecule has 4 nitrogen and oxygen atoms in total. The van der Waals surface area contributed by atoms with Gasteiger partial charge in [-0.05, 0) is 33.1 Å². The lowest BCUT2D eigenvalue weighted by molar-refractivity contribution is -0.122. The van der Waals surface area contributed by atoms with Gasteiger partial charge in [0.15, 0.2) is 0 Å². The molecule has 0 unspecified atom stereocenters. The molecule has 3 N–H and O–H groups in total. The first-order valence-electron chi connectivity index (χ1n) is 6.96. The summed E-state index contributed by atoms with van der Waals surface area (Å²) in [7, 11) is 0. The predicted octanol–water partition coefficient (Wildman–Crippen LogP) is 3.95. The molecule has 114 valence electrons. The molecule has 0 aromatic rings. The standard InChI is InChI=1S/C10H19N.C4H11N.CH2O2/c1-3-7-10(2)8-5-4-6-9-11;1-4(2,3)5;2-1-3/h10H,3-8H2,1-2H3;5H2,1-3H3;1H,(H,2,3)/t10-;;/m0../s1. The summed E-state index contributed by atoms with van der Waals surface area (Å²) < 4.78 is 0. The van der Waals surface area contributed by atoms with Crippen molar-refractivity contribution >= 4 is 6.47 Å². The maximum absolute atomic E-state index is 8.36. The SMILES string of the molecule is CC(C)(C)N.CCC[C@H](C)CCCCC#N.O=CO. The molecule has 0 saturated heterocycles. The van der Waals surface area contributed by atoms with E-state index in [1.54, 1.807) is 0 Å². The Hall–Kier alpha value is -1.08. The van der Waals surface area contributed by atoms with Crippen LogP contribution in [0.5, 0.6) is 0 Å². The number of nitrogens with two attached hydrogens (primary N) is 1.